The van der Waals surface area contributed by atoms with E-state index in [0.29, 0.717) is 45.6 Å². The van der Waals surface area contributed by atoms with E-state index in [-0.39, 0.29) is 13.1 Å². The summed E-state index contributed by atoms with van der Waals surface area (Å²) in [5, 5.41) is 2.70. The molecule has 0 aromatic rings. The van der Waals surface area contributed by atoms with Gasteiger partial charge < -0.3 is 39.0 Å². The standard InChI is InChI=1S/C32H60N4O8/c1-14-34(26(38)42-30(5,6)7)23-18-24-36(28(40)44-32(11,12)13)21-16-15-20-35(27(39)43-31(8,9)10)22-17-19-33-25(37)41-29(2,3)4/h15-16H,14,17-24H2,1-13H3,(H,33,37). The van der Waals surface area contributed by atoms with Crippen LogP contribution in [0.15, 0.2) is 12.2 Å². The summed E-state index contributed by atoms with van der Waals surface area (Å²) < 4.78 is 21.9. The molecule has 4 amide bonds. The molecule has 0 saturated heterocycles. The first-order chi connectivity index (χ1) is 19.9. The quantitative estimate of drug-likeness (QED) is 0.138. The molecule has 12 nitrogen and oxygen atoms in total. The van der Waals surface area contributed by atoms with Gasteiger partial charge in [-0.3, -0.25) is 0 Å². The van der Waals surface area contributed by atoms with Crippen molar-refractivity contribution in [3.63, 3.8) is 0 Å². The third kappa shape index (κ3) is 21.5. The number of hydrogen-bond donors (Lipinski definition) is 1. The third-order valence-corrected chi connectivity index (χ3v) is 5.28. The lowest BCUT2D eigenvalue weighted by Crippen LogP contribution is -2.41. The van der Waals surface area contributed by atoms with E-state index in [2.05, 4.69) is 5.32 Å². The second-order valence-corrected chi connectivity index (χ2v) is 14.5. The maximum Gasteiger partial charge on any atom is 0.410 e. The molecule has 0 aromatic heterocycles. The molecular weight excluding hydrogens is 568 g/mol. The van der Waals surface area contributed by atoms with E-state index in [9.17, 15) is 19.2 Å². The van der Waals surface area contributed by atoms with E-state index >= 15 is 0 Å². The molecule has 256 valence electrons. The lowest BCUT2D eigenvalue weighted by molar-refractivity contribution is 0.0215. The Hall–Kier alpha value is -3.18. The van der Waals surface area contributed by atoms with Crippen molar-refractivity contribution in [2.75, 3.05) is 45.8 Å². The van der Waals surface area contributed by atoms with Crippen LogP contribution in [0.4, 0.5) is 19.2 Å². The van der Waals surface area contributed by atoms with Crippen molar-refractivity contribution < 1.29 is 38.1 Å². The highest BCUT2D eigenvalue weighted by Crippen LogP contribution is 2.14. The Morgan fingerprint density at radius 2 is 0.886 bits per heavy atom. The third-order valence-electron chi connectivity index (χ3n) is 5.28. The minimum atomic E-state index is -0.675. The molecule has 0 aromatic carbocycles. The van der Waals surface area contributed by atoms with Gasteiger partial charge in [0.2, 0.25) is 0 Å². The summed E-state index contributed by atoms with van der Waals surface area (Å²) in [6.45, 7) is 25.9. The molecular formula is C32H60N4O8. The summed E-state index contributed by atoms with van der Waals surface area (Å²) in [5.74, 6) is 0. The first-order valence-corrected chi connectivity index (χ1v) is 15.5. The summed E-state index contributed by atoms with van der Waals surface area (Å²) in [6.07, 6.45) is 2.73. The molecule has 0 spiro atoms. The molecule has 0 atom stereocenters. The highest BCUT2D eigenvalue weighted by molar-refractivity contribution is 5.69. The van der Waals surface area contributed by atoms with Gasteiger partial charge in [0.1, 0.15) is 22.4 Å². The van der Waals surface area contributed by atoms with Gasteiger partial charge in [0.25, 0.3) is 0 Å². The fraction of sp³-hybridized carbons (Fsp3) is 0.812. The zero-order chi connectivity index (χ0) is 34.4. The van der Waals surface area contributed by atoms with Gasteiger partial charge in [-0.25, -0.2) is 19.2 Å². The molecule has 0 unspecified atom stereocenters. The van der Waals surface area contributed by atoms with Crippen LogP contribution in [0.25, 0.3) is 0 Å². The minimum absolute atomic E-state index is 0.242. The molecule has 0 heterocycles. The normalized spacial score (nSPS) is 12.4. The molecule has 0 aliphatic heterocycles. The lowest BCUT2D eigenvalue weighted by Gasteiger charge is -2.29. The second kappa shape index (κ2) is 17.9. The van der Waals surface area contributed by atoms with Crippen LogP contribution in [0.1, 0.15) is 103 Å². The first kappa shape index (κ1) is 40.8. The van der Waals surface area contributed by atoms with E-state index in [1.807, 2.05) is 27.7 Å². The Bertz CT molecular complexity index is 940. The van der Waals surface area contributed by atoms with Crippen LogP contribution in [0, 0.1) is 0 Å². The fourth-order valence-electron chi connectivity index (χ4n) is 3.50. The van der Waals surface area contributed by atoms with Crippen molar-refractivity contribution in [1.29, 1.82) is 0 Å². The van der Waals surface area contributed by atoms with E-state index in [0.717, 1.165) is 0 Å². The summed E-state index contributed by atoms with van der Waals surface area (Å²) in [6, 6.07) is 0. The van der Waals surface area contributed by atoms with Crippen molar-refractivity contribution in [2.45, 2.75) is 125 Å². The van der Waals surface area contributed by atoms with Gasteiger partial charge >= 0.3 is 24.4 Å². The van der Waals surface area contributed by atoms with E-state index < -0.39 is 46.8 Å². The predicted octanol–water partition coefficient (Wildman–Crippen LogP) is 6.58. The largest absolute Gasteiger partial charge is 0.444 e. The number of rotatable bonds is 13. The van der Waals surface area contributed by atoms with Gasteiger partial charge in [-0.2, -0.15) is 0 Å². The summed E-state index contributed by atoms with van der Waals surface area (Å²) in [4.78, 5) is 55.0. The molecule has 12 heteroatoms. The summed E-state index contributed by atoms with van der Waals surface area (Å²) in [7, 11) is 0. The first-order valence-electron chi connectivity index (χ1n) is 15.5. The average molecular weight is 629 g/mol. The van der Waals surface area contributed by atoms with Crippen LogP contribution in [-0.4, -0.2) is 107 Å². The van der Waals surface area contributed by atoms with Crippen molar-refractivity contribution >= 4 is 24.4 Å². The highest BCUT2D eigenvalue weighted by Gasteiger charge is 2.25. The molecule has 0 bridgehead atoms. The number of carbonyl (C=O) groups excluding carboxylic acids is 4. The monoisotopic (exact) mass is 628 g/mol. The molecule has 0 aliphatic rings. The van der Waals surface area contributed by atoms with Crippen LogP contribution in [0.3, 0.4) is 0 Å². The molecule has 44 heavy (non-hydrogen) atoms. The van der Waals surface area contributed by atoms with Gasteiger partial charge in [-0.15, -0.1) is 0 Å². The molecule has 1 N–H and O–H groups in total. The summed E-state index contributed by atoms with van der Waals surface area (Å²) >= 11 is 0. The zero-order valence-corrected chi connectivity index (χ0v) is 29.6. The number of amides is 4. The van der Waals surface area contributed by atoms with Crippen LogP contribution in [0.5, 0.6) is 0 Å². The van der Waals surface area contributed by atoms with Crippen molar-refractivity contribution in [1.82, 2.24) is 20.0 Å². The van der Waals surface area contributed by atoms with Crippen molar-refractivity contribution in [2.24, 2.45) is 0 Å². The van der Waals surface area contributed by atoms with E-state index in [1.165, 1.54) is 4.90 Å². The maximum atomic E-state index is 13.0. The van der Waals surface area contributed by atoms with Gasteiger partial charge in [0, 0.05) is 45.8 Å². The Morgan fingerprint density at radius 3 is 1.25 bits per heavy atom. The van der Waals surface area contributed by atoms with E-state index in [4.69, 9.17) is 18.9 Å². The van der Waals surface area contributed by atoms with Crippen LogP contribution < -0.4 is 5.32 Å². The van der Waals surface area contributed by atoms with Crippen LogP contribution >= 0.6 is 0 Å². The van der Waals surface area contributed by atoms with E-state index in [1.54, 1.807) is 84.3 Å². The Morgan fingerprint density at radius 1 is 0.545 bits per heavy atom. The Kier molecular flexibility index (Phi) is 16.7. The zero-order valence-electron chi connectivity index (χ0n) is 29.6. The smallest absolute Gasteiger partial charge is 0.410 e. The number of carbonyl (C=O) groups is 4. The average Bonchev–Trinajstić information content (AvgIpc) is 2.79. The molecule has 0 saturated carbocycles. The number of hydrogen-bond acceptors (Lipinski definition) is 8. The molecule has 0 aliphatic carbocycles. The van der Waals surface area contributed by atoms with Crippen LogP contribution in [0.2, 0.25) is 0 Å². The maximum absolute atomic E-state index is 13.0. The van der Waals surface area contributed by atoms with Crippen molar-refractivity contribution in [3.05, 3.63) is 12.2 Å². The Labute approximate surface area is 265 Å². The highest BCUT2D eigenvalue weighted by atomic mass is 16.6. The predicted molar refractivity (Wildman–Crippen MR) is 172 cm³/mol. The minimum Gasteiger partial charge on any atom is -0.444 e. The van der Waals surface area contributed by atoms with Gasteiger partial charge in [-0.05, 0) is 103 Å². The molecule has 0 rings (SSSR count). The number of nitrogens with one attached hydrogen (secondary N) is 1. The summed E-state index contributed by atoms with van der Waals surface area (Å²) in [5.41, 5.74) is -2.55. The Balaban J connectivity index is 5.37. The lowest BCUT2D eigenvalue weighted by atomic mass is 10.2. The fourth-order valence-corrected chi connectivity index (χ4v) is 3.50. The number of alkyl carbamates (subject to hydrolysis) is 1. The second-order valence-electron chi connectivity index (χ2n) is 14.5. The van der Waals surface area contributed by atoms with Crippen molar-refractivity contribution in [3.8, 4) is 0 Å². The number of ether oxygens (including phenoxy) is 4. The SMILES string of the molecule is CCN(CCCN(CC=CCN(CCCNC(=O)OC(C)(C)C)C(=O)OC(C)(C)C)C(=O)OC(C)(C)C)C(=O)OC(C)(C)C. The van der Waals surface area contributed by atoms with Gasteiger partial charge in [-0.1, -0.05) is 12.2 Å². The molecule has 0 radical (unpaired) electrons. The van der Waals surface area contributed by atoms with Gasteiger partial charge in [0.05, 0.1) is 0 Å². The van der Waals surface area contributed by atoms with Crippen LogP contribution in [-0.2, 0) is 18.9 Å². The van der Waals surface area contributed by atoms with Gasteiger partial charge in [0.15, 0.2) is 0 Å². The number of nitrogens with zero attached hydrogens (tertiary/aromatic N) is 3. The topological polar surface area (TPSA) is 127 Å². The molecule has 0 fully saturated rings.